The summed E-state index contributed by atoms with van der Waals surface area (Å²) < 4.78 is 5.78. The Morgan fingerprint density at radius 3 is 2.83 bits per heavy atom. The second-order valence-electron chi connectivity index (χ2n) is 6.76. The molecule has 1 N–H and O–H groups in total. The van der Waals surface area contributed by atoms with Crippen LogP contribution in [-0.4, -0.2) is 28.5 Å². The van der Waals surface area contributed by atoms with Gasteiger partial charge in [-0.1, -0.05) is 25.7 Å². The van der Waals surface area contributed by atoms with Gasteiger partial charge in [-0.25, -0.2) is 9.97 Å². The van der Waals surface area contributed by atoms with Gasteiger partial charge in [-0.15, -0.1) is 11.3 Å². The van der Waals surface area contributed by atoms with E-state index in [1.54, 1.807) is 11.3 Å². The smallest absolute Gasteiger partial charge is 0.258 e. The first kappa shape index (κ1) is 15.8. The lowest BCUT2D eigenvalue weighted by molar-refractivity contribution is -0.123. The van der Waals surface area contributed by atoms with Gasteiger partial charge in [-0.05, 0) is 37.7 Å². The van der Waals surface area contributed by atoms with Crippen molar-refractivity contribution in [2.45, 2.75) is 63.8 Å². The number of amides is 1. The molecule has 0 atom stereocenters. The highest BCUT2D eigenvalue weighted by Crippen LogP contribution is 2.39. The van der Waals surface area contributed by atoms with Crippen LogP contribution < -0.4 is 10.1 Å². The lowest BCUT2D eigenvalue weighted by Gasteiger charge is -2.16. The minimum absolute atomic E-state index is 0.0350. The van der Waals surface area contributed by atoms with Crippen LogP contribution in [0.2, 0.25) is 0 Å². The third-order valence-electron chi connectivity index (χ3n) is 5.03. The Morgan fingerprint density at radius 1 is 1.17 bits per heavy atom. The first-order chi connectivity index (χ1) is 11.8. The second kappa shape index (κ2) is 7.05. The van der Waals surface area contributed by atoms with Gasteiger partial charge in [0.05, 0.1) is 5.39 Å². The van der Waals surface area contributed by atoms with Crippen molar-refractivity contribution in [3.05, 3.63) is 16.8 Å². The zero-order valence-electron chi connectivity index (χ0n) is 13.8. The molecular weight excluding hydrogens is 322 g/mol. The lowest BCUT2D eigenvalue weighted by Crippen LogP contribution is -2.37. The standard InChI is InChI=1S/C18H23N3O2S/c22-15(21-12-6-3-1-2-4-7-12)10-23-17-16-13-8-5-9-14(13)24-18(16)20-11-19-17/h11-12H,1-10H2,(H,21,22). The van der Waals surface area contributed by atoms with E-state index in [9.17, 15) is 4.79 Å². The molecule has 128 valence electrons. The summed E-state index contributed by atoms with van der Waals surface area (Å²) in [5.41, 5.74) is 1.33. The summed E-state index contributed by atoms with van der Waals surface area (Å²) in [5.74, 6) is 0.524. The van der Waals surface area contributed by atoms with E-state index in [2.05, 4.69) is 15.3 Å². The maximum Gasteiger partial charge on any atom is 0.258 e. The maximum absolute atomic E-state index is 12.2. The minimum atomic E-state index is -0.0412. The van der Waals surface area contributed by atoms with Gasteiger partial charge in [0, 0.05) is 10.9 Å². The molecule has 2 aliphatic carbocycles. The van der Waals surface area contributed by atoms with Crippen molar-refractivity contribution in [1.82, 2.24) is 15.3 Å². The predicted molar refractivity (Wildman–Crippen MR) is 94.6 cm³/mol. The molecule has 0 aromatic carbocycles. The van der Waals surface area contributed by atoms with Crippen molar-refractivity contribution >= 4 is 27.5 Å². The van der Waals surface area contributed by atoms with Gasteiger partial charge in [-0.2, -0.15) is 0 Å². The molecular formula is C18H23N3O2S. The molecule has 0 bridgehead atoms. The molecule has 2 heterocycles. The fourth-order valence-electron chi connectivity index (χ4n) is 3.84. The Morgan fingerprint density at radius 2 is 2.00 bits per heavy atom. The van der Waals surface area contributed by atoms with Crippen molar-refractivity contribution < 1.29 is 9.53 Å². The molecule has 2 aromatic heterocycles. The quantitative estimate of drug-likeness (QED) is 0.863. The molecule has 1 saturated carbocycles. The van der Waals surface area contributed by atoms with E-state index < -0.39 is 0 Å². The summed E-state index contributed by atoms with van der Waals surface area (Å²) in [6, 6.07) is 0.305. The van der Waals surface area contributed by atoms with Crippen LogP contribution in [0.3, 0.4) is 0 Å². The van der Waals surface area contributed by atoms with Crippen LogP contribution in [0.5, 0.6) is 5.88 Å². The Labute approximate surface area is 145 Å². The van der Waals surface area contributed by atoms with E-state index in [1.165, 1.54) is 48.9 Å². The molecule has 2 aliphatic rings. The van der Waals surface area contributed by atoms with E-state index in [0.29, 0.717) is 11.9 Å². The van der Waals surface area contributed by atoms with Crippen molar-refractivity contribution in [2.24, 2.45) is 0 Å². The molecule has 0 radical (unpaired) electrons. The van der Waals surface area contributed by atoms with Crippen molar-refractivity contribution in [1.29, 1.82) is 0 Å². The van der Waals surface area contributed by atoms with Crippen LogP contribution in [0.1, 0.15) is 55.4 Å². The lowest BCUT2D eigenvalue weighted by atomic mass is 10.1. The van der Waals surface area contributed by atoms with Crippen molar-refractivity contribution in [3.8, 4) is 5.88 Å². The molecule has 0 unspecified atom stereocenters. The SMILES string of the molecule is O=C(COc1ncnc2sc3c(c12)CCC3)NC1CCCCCC1. The van der Waals surface area contributed by atoms with Gasteiger partial charge in [0.15, 0.2) is 6.61 Å². The molecule has 0 saturated heterocycles. The molecule has 0 aliphatic heterocycles. The average Bonchev–Trinajstić information content (AvgIpc) is 3.07. The average molecular weight is 345 g/mol. The fraction of sp³-hybridized carbons (Fsp3) is 0.611. The number of hydrogen-bond donors (Lipinski definition) is 1. The number of aromatic nitrogens is 2. The van der Waals surface area contributed by atoms with Gasteiger partial charge in [0.2, 0.25) is 5.88 Å². The van der Waals surface area contributed by atoms with Crippen LogP contribution in [0.4, 0.5) is 0 Å². The molecule has 0 spiro atoms. The summed E-state index contributed by atoms with van der Waals surface area (Å²) in [5, 5.41) is 4.14. The highest BCUT2D eigenvalue weighted by molar-refractivity contribution is 7.18. The highest BCUT2D eigenvalue weighted by atomic mass is 32.1. The summed E-state index contributed by atoms with van der Waals surface area (Å²) in [6.07, 6.45) is 12.1. The maximum atomic E-state index is 12.2. The summed E-state index contributed by atoms with van der Waals surface area (Å²) in [4.78, 5) is 23.3. The highest BCUT2D eigenvalue weighted by Gasteiger charge is 2.22. The first-order valence-electron chi connectivity index (χ1n) is 8.98. The largest absolute Gasteiger partial charge is 0.467 e. The van der Waals surface area contributed by atoms with Gasteiger partial charge in [0.1, 0.15) is 11.2 Å². The zero-order valence-corrected chi connectivity index (χ0v) is 14.7. The summed E-state index contributed by atoms with van der Waals surface area (Å²) >= 11 is 1.73. The predicted octanol–water partition coefficient (Wildman–Crippen LogP) is 3.40. The number of nitrogens with zero attached hydrogens (tertiary/aromatic N) is 2. The van der Waals surface area contributed by atoms with Gasteiger partial charge in [-0.3, -0.25) is 4.79 Å². The van der Waals surface area contributed by atoms with E-state index in [0.717, 1.165) is 35.9 Å². The molecule has 1 amide bonds. The number of carbonyl (C=O) groups is 1. The number of ether oxygens (including phenoxy) is 1. The number of thiophene rings is 1. The van der Waals surface area contributed by atoms with Crippen molar-refractivity contribution in [2.75, 3.05) is 6.61 Å². The van der Waals surface area contributed by atoms with E-state index >= 15 is 0 Å². The van der Waals surface area contributed by atoms with Crippen LogP contribution >= 0.6 is 11.3 Å². The first-order valence-corrected chi connectivity index (χ1v) is 9.80. The van der Waals surface area contributed by atoms with Crippen molar-refractivity contribution in [3.63, 3.8) is 0 Å². The number of aryl methyl sites for hydroxylation is 2. The van der Waals surface area contributed by atoms with E-state index in [1.807, 2.05) is 0 Å². The molecule has 4 rings (SSSR count). The third kappa shape index (κ3) is 3.24. The van der Waals surface area contributed by atoms with Crippen LogP contribution in [-0.2, 0) is 17.6 Å². The van der Waals surface area contributed by atoms with Crippen LogP contribution in [0.25, 0.3) is 10.2 Å². The fourth-order valence-corrected chi connectivity index (χ4v) is 5.06. The summed E-state index contributed by atoms with van der Waals surface area (Å²) in [6.45, 7) is 0.0350. The van der Waals surface area contributed by atoms with Crippen LogP contribution in [0.15, 0.2) is 6.33 Å². The normalized spacial score (nSPS) is 18.3. The number of carbonyl (C=O) groups excluding carboxylic acids is 1. The molecule has 6 heteroatoms. The van der Waals surface area contributed by atoms with Crippen LogP contribution in [0, 0.1) is 0 Å². The molecule has 24 heavy (non-hydrogen) atoms. The topological polar surface area (TPSA) is 64.1 Å². The van der Waals surface area contributed by atoms with E-state index in [-0.39, 0.29) is 12.5 Å². The molecule has 2 aromatic rings. The molecule has 5 nitrogen and oxygen atoms in total. The Bertz CT molecular complexity index is 735. The molecule has 1 fully saturated rings. The van der Waals surface area contributed by atoms with Gasteiger partial charge < -0.3 is 10.1 Å². The number of hydrogen-bond acceptors (Lipinski definition) is 5. The number of fused-ring (bicyclic) bond motifs is 3. The van der Waals surface area contributed by atoms with Gasteiger partial charge >= 0.3 is 0 Å². The second-order valence-corrected chi connectivity index (χ2v) is 7.84. The Kier molecular flexibility index (Phi) is 4.65. The zero-order chi connectivity index (χ0) is 16.4. The Balaban J connectivity index is 1.42. The minimum Gasteiger partial charge on any atom is -0.467 e. The summed E-state index contributed by atoms with van der Waals surface area (Å²) in [7, 11) is 0. The van der Waals surface area contributed by atoms with Gasteiger partial charge in [0.25, 0.3) is 5.91 Å². The Hall–Kier alpha value is -1.69. The van der Waals surface area contributed by atoms with E-state index in [4.69, 9.17) is 4.74 Å². The third-order valence-corrected chi connectivity index (χ3v) is 6.23. The monoisotopic (exact) mass is 345 g/mol. The number of rotatable bonds is 4. The number of nitrogens with one attached hydrogen (secondary N) is 1.